The van der Waals surface area contributed by atoms with Crippen molar-refractivity contribution in [3.8, 4) is 0 Å². The second-order valence-corrected chi connectivity index (χ2v) is 3.11. The highest BCUT2D eigenvalue weighted by Gasteiger charge is 1.99. The third kappa shape index (κ3) is 5.82. The maximum atomic E-state index is 10.7. The molecule has 2 radical (unpaired) electrons. The molecule has 0 saturated heterocycles. The molecule has 0 aliphatic heterocycles. The van der Waals surface area contributed by atoms with E-state index in [1.807, 2.05) is 6.92 Å². The zero-order valence-electron chi connectivity index (χ0n) is 6.64. The summed E-state index contributed by atoms with van der Waals surface area (Å²) >= 11 is 0. The van der Waals surface area contributed by atoms with Gasteiger partial charge in [0.15, 0.2) is 0 Å². The summed E-state index contributed by atoms with van der Waals surface area (Å²) in [6.45, 7) is 4.06. The molecule has 3 heteroatoms. The van der Waals surface area contributed by atoms with Crippen LogP contribution in [0.5, 0.6) is 0 Å². The monoisotopic (exact) mass is 158 g/mol. The fourth-order valence-electron chi connectivity index (χ4n) is 0.489. The molecule has 0 saturated carbocycles. The molecule has 0 heterocycles. The highest BCUT2D eigenvalue weighted by atomic mass is 28.2. The lowest BCUT2D eigenvalue weighted by atomic mass is 10.4. The standard InChI is InChI=1S/C7H14O2Si/c1-3-5-7(8)9-10-6-4-2/h3-6H2,1-2H3. The topological polar surface area (TPSA) is 26.3 Å². The summed E-state index contributed by atoms with van der Waals surface area (Å²) in [5.41, 5.74) is 0. The zero-order chi connectivity index (χ0) is 7.82. The molecule has 0 aliphatic rings. The number of rotatable bonds is 5. The van der Waals surface area contributed by atoms with Crippen molar-refractivity contribution in [3.63, 3.8) is 0 Å². The molecule has 0 aliphatic carbocycles. The molecule has 0 aromatic carbocycles. The first-order chi connectivity index (χ1) is 4.81. The van der Waals surface area contributed by atoms with Crippen LogP contribution in [0.2, 0.25) is 6.04 Å². The molecule has 2 nitrogen and oxygen atoms in total. The van der Waals surface area contributed by atoms with E-state index in [0.717, 1.165) is 18.9 Å². The van der Waals surface area contributed by atoms with Gasteiger partial charge >= 0.3 is 9.76 Å². The van der Waals surface area contributed by atoms with Gasteiger partial charge in [-0.2, -0.15) is 0 Å². The van der Waals surface area contributed by atoms with E-state index in [-0.39, 0.29) is 5.97 Å². The van der Waals surface area contributed by atoms with Crippen molar-refractivity contribution in [3.05, 3.63) is 0 Å². The summed E-state index contributed by atoms with van der Waals surface area (Å²) in [7, 11) is 0.373. The quantitative estimate of drug-likeness (QED) is 0.450. The lowest BCUT2D eigenvalue weighted by molar-refractivity contribution is -0.134. The molecule has 0 atom stereocenters. The van der Waals surface area contributed by atoms with Crippen molar-refractivity contribution in [2.45, 2.75) is 39.2 Å². The van der Waals surface area contributed by atoms with Crippen molar-refractivity contribution in [1.29, 1.82) is 0 Å². The maximum absolute atomic E-state index is 10.7. The second-order valence-electron chi connectivity index (χ2n) is 2.12. The van der Waals surface area contributed by atoms with E-state index in [1.54, 1.807) is 0 Å². The first-order valence-electron chi connectivity index (χ1n) is 3.73. The van der Waals surface area contributed by atoms with Gasteiger partial charge < -0.3 is 4.43 Å². The minimum Gasteiger partial charge on any atom is -0.516 e. The Labute approximate surface area is 64.9 Å². The Morgan fingerprint density at radius 1 is 1.40 bits per heavy atom. The maximum Gasteiger partial charge on any atom is 0.314 e. The molecule has 0 spiro atoms. The van der Waals surface area contributed by atoms with Crippen LogP contribution in [0.3, 0.4) is 0 Å². The van der Waals surface area contributed by atoms with Gasteiger partial charge in [0.2, 0.25) is 0 Å². The van der Waals surface area contributed by atoms with Gasteiger partial charge in [0.05, 0.1) is 0 Å². The Bertz CT molecular complexity index is 93.6. The average molecular weight is 158 g/mol. The van der Waals surface area contributed by atoms with Gasteiger partial charge in [0.1, 0.15) is 0 Å². The van der Waals surface area contributed by atoms with Crippen LogP contribution in [0.1, 0.15) is 33.1 Å². The van der Waals surface area contributed by atoms with E-state index < -0.39 is 0 Å². The largest absolute Gasteiger partial charge is 0.516 e. The average Bonchev–Trinajstić information content (AvgIpc) is 1.89. The SMILES string of the molecule is CCC[Si]OC(=O)CCC. The van der Waals surface area contributed by atoms with Crippen LogP contribution in [-0.2, 0) is 9.22 Å². The van der Waals surface area contributed by atoms with Crippen LogP contribution in [0.25, 0.3) is 0 Å². The summed E-state index contributed by atoms with van der Waals surface area (Å²) in [5.74, 6) is -0.0470. The van der Waals surface area contributed by atoms with Crippen LogP contribution in [0.4, 0.5) is 0 Å². The van der Waals surface area contributed by atoms with Gasteiger partial charge in [-0.15, -0.1) is 0 Å². The summed E-state index contributed by atoms with van der Waals surface area (Å²) in [4.78, 5) is 10.7. The van der Waals surface area contributed by atoms with E-state index in [9.17, 15) is 4.79 Å². The van der Waals surface area contributed by atoms with Crippen LogP contribution >= 0.6 is 0 Å². The first kappa shape index (κ1) is 9.69. The highest BCUT2D eigenvalue weighted by molar-refractivity contribution is 6.30. The van der Waals surface area contributed by atoms with Gasteiger partial charge in [0.25, 0.3) is 5.97 Å². The highest BCUT2D eigenvalue weighted by Crippen LogP contribution is 1.92. The smallest absolute Gasteiger partial charge is 0.314 e. The molecular weight excluding hydrogens is 144 g/mol. The van der Waals surface area contributed by atoms with E-state index in [1.165, 1.54) is 0 Å². The Balaban J connectivity index is 3.05. The summed E-state index contributed by atoms with van der Waals surface area (Å²) < 4.78 is 4.91. The second kappa shape index (κ2) is 6.80. The third-order valence-corrected chi connectivity index (χ3v) is 2.07. The van der Waals surface area contributed by atoms with Gasteiger partial charge in [-0.25, -0.2) is 0 Å². The van der Waals surface area contributed by atoms with Crippen LogP contribution in [0.15, 0.2) is 0 Å². The molecular formula is C7H14O2Si. The lowest BCUT2D eigenvalue weighted by Crippen LogP contribution is -2.07. The number of hydrogen-bond acceptors (Lipinski definition) is 2. The van der Waals surface area contributed by atoms with Gasteiger partial charge in [-0.1, -0.05) is 20.3 Å². The Morgan fingerprint density at radius 3 is 2.60 bits per heavy atom. The van der Waals surface area contributed by atoms with Crippen molar-refractivity contribution in [1.82, 2.24) is 0 Å². The Hall–Kier alpha value is -0.313. The van der Waals surface area contributed by atoms with Crippen molar-refractivity contribution < 1.29 is 9.22 Å². The predicted molar refractivity (Wildman–Crippen MR) is 41.9 cm³/mol. The molecule has 0 aromatic rings. The number of carbonyl (C=O) groups excluding carboxylic acids is 1. The van der Waals surface area contributed by atoms with E-state index in [0.29, 0.717) is 16.2 Å². The van der Waals surface area contributed by atoms with E-state index >= 15 is 0 Å². The fraction of sp³-hybridized carbons (Fsp3) is 0.857. The molecule has 0 unspecified atom stereocenters. The van der Waals surface area contributed by atoms with Gasteiger partial charge in [-0.05, 0) is 12.5 Å². The summed E-state index contributed by atoms with van der Waals surface area (Å²) in [6.07, 6.45) is 2.55. The Morgan fingerprint density at radius 2 is 2.10 bits per heavy atom. The van der Waals surface area contributed by atoms with Crippen LogP contribution in [0, 0.1) is 0 Å². The number of hydrogen-bond donors (Lipinski definition) is 0. The van der Waals surface area contributed by atoms with Crippen molar-refractivity contribution in [2.75, 3.05) is 0 Å². The van der Waals surface area contributed by atoms with Crippen LogP contribution < -0.4 is 0 Å². The molecule has 0 amide bonds. The summed E-state index contributed by atoms with van der Waals surface area (Å²) in [6, 6.07) is 1.01. The normalized spacial score (nSPS) is 9.40. The van der Waals surface area contributed by atoms with E-state index in [2.05, 4.69) is 6.92 Å². The molecule has 0 fully saturated rings. The molecule has 0 bridgehead atoms. The molecule has 10 heavy (non-hydrogen) atoms. The molecule has 58 valence electrons. The molecule has 0 rings (SSSR count). The minimum atomic E-state index is -0.0470. The van der Waals surface area contributed by atoms with Crippen LogP contribution in [-0.4, -0.2) is 15.7 Å². The van der Waals surface area contributed by atoms with Crippen molar-refractivity contribution in [2.24, 2.45) is 0 Å². The fourth-order valence-corrected chi connectivity index (χ4v) is 1.06. The lowest BCUT2D eigenvalue weighted by Gasteiger charge is -1.99. The first-order valence-corrected chi connectivity index (χ1v) is 4.85. The van der Waals surface area contributed by atoms with Gasteiger partial charge in [0, 0.05) is 6.42 Å². The molecule has 0 N–H and O–H groups in total. The Kier molecular flexibility index (Phi) is 6.59. The predicted octanol–water partition coefficient (Wildman–Crippen LogP) is 1.78. The summed E-state index contributed by atoms with van der Waals surface area (Å²) in [5, 5.41) is 0. The third-order valence-electron chi connectivity index (χ3n) is 0.992. The number of carbonyl (C=O) groups is 1. The van der Waals surface area contributed by atoms with Crippen molar-refractivity contribution >= 4 is 15.7 Å². The van der Waals surface area contributed by atoms with E-state index in [4.69, 9.17) is 4.43 Å². The molecule has 0 aromatic heterocycles. The zero-order valence-corrected chi connectivity index (χ0v) is 7.64. The van der Waals surface area contributed by atoms with Gasteiger partial charge in [-0.3, -0.25) is 4.79 Å². The minimum absolute atomic E-state index is 0.0470.